The molecule has 1 nitrogen and oxygen atoms in total. The van der Waals surface area contributed by atoms with Crippen molar-refractivity contribution < 1.29 is 8.78 Å². The van der Waals surface area contributed by atoms with Crippen LogP contribution in [0.25, 0.3) is 0 Å². The van der Waals surface area contributed by atoms with E-state index in [4.69, 9.17) is 5.26 Å². The zero-order valence-corrected chi connectivity index (χ0v) is 9.47. The fourth-order valence-electron chi connectivity index (χ4n) is 1.28. The van der Waals surface area contributed by atoms with E-state index in [2.05, 4.69) is 0 Å². The fraction of sp³-hybridized carbons (Fsp3) is 0. The van der Waals surface area contributed by atoms with Gasteiger partial charge in [0.2, 0.25) is 0 Å². The van der Waals surface area contributed by atoms with Crippen molar-refractivity contribution >= 4 is 11.8 Å². The number of hydrogen-bond donors (Lipinski definition) is 0. The maximum absolute atomic E-state index is 13.4. The van der Waals surface area contributed by atoms with Crippen molar-refractivity contribution in [3.8, 4) is 6.07 Å². The van der Waals surface area contributed by atoms with E-state index in [1.165, 1.54) is 23.9 Å². The van der Waals surface area contributed by atoms with Gasteiger partial charge in [-0.2, -0.15) is 5.26 Å². The zero-order chi connectivity index (χ0) is 12.3. The molecule has 4 heteroatoms. The van der Waals surface area contributed by atoms with Crippen LogP contribution in [0.4, 0.5) is 8.78 Å². The molecule has 0 bridgehead atoms. The second-order valence-corrected chi connectivity index (χ2v) is 4.43. The van der Waals surface area contributed by atoms with E-state index in [-0.39, 0.29) is 0 Å². The third-order valence-corrected chi connectivity index (χ3v) is 3.16. The first-order chi connectivity index (χ1) is 8.19. The number of halogens is 2. The van der Waals surface area contributed by atoms with Gasteiger partial charge < -0.3 is 0 Å². The van der Waals surface area contributed by atoms with Gasteiger partial charge in [0.15, 0.2) is 0 Å². The Hall–Kier alpha value is -1.86. The van der Waals surface area contributed by atoms with Gasteiger partial charge in [0.05, 0.1) is 11.6 Å². The number of benzene rings is 2. The van der Waals surface area contributed by atoms with Gasteiger partial charge in [-0.25, -0.2) is 8.78 Å². The predicted molar refractivity (Wildman–Crippen MR) is 61.6 cm³/mol. The lowest BCUT2D eigenvalue weighted by atomic mass is 10.2. The van der Waals surface area contributed by atoms with Crippen molar-refractivity contribution in [3.05, 3.63) is 59.7 Å². The summed E-state index contributed by atoms with van der Waals surface area (Å²) in [5.41, 5.74) is 0.550. The average Bonchev–Trinajstić information content (AvgIpc) is 2.34. The molecular weight excluding hydrogens is 240 g/mol. The van der Waals surface area contributed by atoms with E-state index < -0.39 is 11.6 Å². The largest absolute Gasteiger partial charge is 0.207 e. The second kappa shape index (κ2) is 4.98. The van der Waals surface area contributed by atoms with Crippen LogP contribution in [0.3, 0.4) is 0 Å². The highest BCUT2D eigenvalue weighted by Gasteiger charge is 2.05. The fourth-order valence-corrected chi connectivity index (χ4v) is 2.10. The van der Waals surface area contributed by atoms with Crippen LogP contribution in [0.1, 0.15) is 5.56 Å². The average molecular weight is 247 g/mol. The molecule has 0 unspecified atom stereocenters. The molecule has 2 rings (SSSR count). The number of hydrogen-bond acceptors (Lipinski definition) is 2. The molecule has 2 aromatic rings. The van der Waals surface area contributed by atoms with E-state index in [1.54, 1.807) is 24.3 Å². The molecule has 0 fully saturated rings. The molecule has 0 saturated carbocycles. The molecular formula is C13H7F2NS. The first-order valence-electron chi connectivity index (χ1n) is 4.82. The predicted octanol–water partition coefficient (Wildman–Crippen LogP) is 3.99. The Balaban J connectivity index is 2.23. The van der Waals surface area contributed by atoms with Gasteiger partial charge in [-0.1, -0.05) is 11.8 Å². The summed E-state index contributed by atoms with van der Waals surface area (Å²) in [6.07, 6.45) is 0. The summed E-state index contributed by atoms with van der Waals surface area (Å²) in [5, 5.41) is 8.63. The van der Waals surface area contributed by atoms with Gasteiger partial charge >= 0.3 is 0 Å². The van der Waals surface area contributed by atoms with Crippen LogP contribution >= 0.6 is 11.8 Å². The third-order valence-electron chi connectivity index (χ3n) is 2.11. The molecule has 0 spiro atoms. The molecule has 2 aromatic carbocycles. The topological polar surface area (TPSA) is 23.8 Å². The first kappa shape index (κ1) is 11.6. The van der Waals surface area contributed by atoms with E-state index in [0.29, 0.717) is 10.5 Å². The van der Waals surface area contributed by atoms with Gasteiger partial charge in [0.1, 0.15) is 11.6 Å². The van der Waals surface area contributed by atoms with Crippen LogP contribution < -0.4 is 0 Å². The summed E-state index contributed by atoms with van der Waals surface area (Å²) in [7, 11) is 0. The number of nitriles is 1. The molecule has 0 radical (unpaired) electrons. The molecule has 0 amide bonds. The molecule has 0 aromatic heterocycles. The van der Waals surface area contributed by atoms with Gasteiger partial charge in [-0.15, -0.1) is 0 Å². The quantitative estimate of drug-likeness (QED) is 0.801. The van der Waals surface area contributed by atoms with E-state index in [0.717, 1.165) is 11.0 Å². The highest BCUT2D eigenvalue weighted by Crippen LogP contribution is 2.30. The summed E-state index contributed by atoms with van der Waals surface area (Å²) in [5.74, 6) is -1.17. The Bertz CT molecular complexity index is 573. The lowest BCUT2D eigenvalue weighted by molar-refractivity contribution is 0.565. The van der Waals surface area contributed by atoms with Crippen molar-refractivity contribution in [1.82, 2.24) is 0 Å². The maximum atomic E-state index is 13.4. The molecule has 0 atom stereocenters. The molecule has 0 saturated heterocycles. The van der Waals surface area contributed by atoms with Crippen LogP contribution in [-0.4, -0.2) is 0 Å². The molecule has 0 N–H and O–H groups in total. The van der Waals surface area contributed by atoms with Crippen LogP contribution in [-0.2, 0) is 0 Å². The minimum Gasteiger partial charge on any atom is -0.207 e. The standard InChI is InChI=1S/C13H7F2NS/c14-10-3-6-13(12(15)7-10)17-11-4-1-9(8-16)2-5-11/h1-7H. The lowest BCUT2D eigenvalue weighted by Crippen LogP contribution is -1.83. The normalized spacial score (nSPS) is 9.94. The Morgan fingerprint density at radius 1 is 1.00 bits per heavy atom. The lowest BCUT2D eigenvalue weighted by Gasteiger charge is -2.03. The van der Waals surface area contributed by atoms with Gasteiger partial charge in [-0.3, -0.25) is 0 Å². The molecule has 84 valence electrons. The monoisotopic (exact) mass is 247 g/mol. The van der Waals surface area contributed by atoms with Crippen molar-refractivity contribution in [1.29, 1.82) is 5.26 Å². The van der Waals surface area contributed by atoms with Crippen molar-refractivity contribution in [2.75, 3.05) is 0 Å². The van der Waals surface area contributed by atoms with E-state index in [9.17, 15) is 8.78 Å². The van der Waals surface area contributed by atoms with Crippen molar-refractivity contribution in [2.45, 2.75) is 9.79 Å². The van der Waals surface area contributed by atoms with Crippen molar-refractivity contribution in [3.63, 3.8) is 0 Å². The third kappa shape index (κ3) is 2.83. The van der Waals surface area contributed by atoms with Crippen LogP contribution in [0, 0.1) is 23.0 Å². The Labute approximate surface area is 102 Å². The zero-order valence-electron chi connectivity index (χ0n) is 8.65. The summed E-state index contributed by atoms with van der Waals surface area (Å²) in [6, 6.07) is 12.2. The van der Waals surface area contributed by atoms with Crippen LogP contribution in [0.2, 0.25) is 0 Å². The molecule has 0 aliphatic rings. The highest BCUT2D eigenvalue weighted by molar-refractivity contribution is 7.99. The van der Waals surface area contributed by atoms with Gasteiger partial charge in [0, 0.05) is 15.9 Å². The SMILES string of the molecule is N#Cc1ccc(Sc2ccc(F)cc2F)cc1. The number of rotatable bonds is 2. The van der Waals surface area contributed by atoms with Crippen molar-refractivity contribution in [2.24, 2.45) is 0 Å². The van der Waals surface area contributed by atoms with E-state index in [1.807, 2.05) is 6.07 Å². The molecule has 0 aliphatic heterocycles. The van der Waals surface area contributed by atoms with Gasteiger partial charge in [-0.05, 0) is 36.4 Å². The minimum absolute atomic E-state index is 0.358. The maximum Gasteiger partial charge on any atom is 0.140 e. The Morgan fingerprint density at radius 2 is 1.71 bits per heavy atom. The first-order valence-corrected chi connectivity index (χ1v) is 5.64. The second-order valence-electron chi connectivity index (χ2n) is 3.31. The summed E-state index contributed by atoms with van der Waals surface area (Å²) in [6.45, 7) is 0. The summed E-state index contributed by atoms with van der Waals surface area (Å²) in [4.78, 5) is 1.16. The number of nitrogens with zero attached hydrogens (tertiary/aromatic N) is 1. The van der Waals surface area contributed by atoms with E-state index >= 15 is 0 Å². The molecule has 0 heterocycles. The smallest absolute Gasteiger partial charge is 0.140 e. The molecule has 17 heavy (non-hydrogen) atoms. The Morgan fingerprint density at radius 3 is 2.29 bits per heavy atom. The highest BCUT2D eigenvalue weighted by atomic mass is 32.2. The minimum atomic E-state index is -0.591. The Kier molecular flexibility index (Phi) is 3.40. The molecule has 0 aliphatic carbocycles. The summed E-state index contributed by atoms with van der Waals surface area (Å²) < 4.78 is 26.1. The van der Waals surface area contributed by atoms with Crippen LogP contribution in [0.15, 0.2) is 52.3 Å². The summed E-state index contributed by atoms with van der Waals surface area (Å²) >= 11 is 1.19. The van der Waals surface area contributed by atoms with Crippen LogP contribution in [0.5, 0.6) is 0 Å². The van der Waals surface area contributed by atoms with Gasteiger partial charge in [0.25, 0.3) is 0 Å².